The van der Waals surface area contributed by atoms with Gasteiger partial charge in [-0.1, -0.05) is 13.0 Å². The van der Waals surface area contributed by atoms with Crippen molar-refractivity contribution in [2.45, 2.75) is 13.3 Å². The fourth-order valence-corrected chi connectivity index (χ4v) is 1.48. The Morgan fingerprint density at radius 2 is 2.15 bits per heavy atom. The molecule has 0 aromatic carbocycles. The molecule has 0 spiro atoms. The van der Waals surface area contributed by atoms with Crippen molar-refractivity contribution in [3.05, 3.63) is 42.2 Å². The first-order chi connectivity index (χ1) is 6.33. The van der Waals surface area contributed by atoms with Gasteiger partial charge in [0, 0.05) is 24.4 Å². The molecule has 0 radical (unpaired) electrons. The van der Waals surface area contributed by atoms with E-state index in [4.69, 9.17) is 0 Å². The standard InChI is InChI=1S/C11H11NO/c1-2-11(13)9-6-8-12-7-4-3-5-10(9)12/h3-8H,2H2,1H3. The van der Waals surface area contributed by atoms with Gasteiger partial charge in [-0.2, -0.15) is 0 Å². The van der Waals surface area contributed by atoms with E-state index in [1.807, 2.05) is 48.0 Å². The Bertz CT molecular complexity index is 442. The molecule has 2 aromatic rings. The van der Waals surface area contributed by atoms with Crippen molar-refractivity contribution in [2.75, 3.05) is 0 Å². The Kier molecular flexibility index (Phi) is 1.89. The van der Waals surface area contributed by atoms with Crippen molar-refractivity contribution in [3.8, 4) is 0 Å². The summed E-state index contributed by atoms with van der Waals surface area (Å²) >= 11 is 0. The normalized spacial score (nSPS) is 10.5. The van der Waals surface area contributed by atoms with Crippen molar-refractivity contribution in [1.29, 1.82) is 0 Å². The van der Waals surface area contributed by atoms with E-state index in [-0.39, 0.29) is 5.78 Å². The van der Waals surface area contributed by atoms with Crippen molar-refractivity contribution in [3.63, 3.8) is 0 Å². The van der Waals surface area contributed by atoms with Gasteiger partial charge in [-0.05, 0) is 18.2 Å². The molecule has 0 saturated heterocycles. The molecular formula is C11H11NO. The average molecular weight is 173 g/mol. The van der Waals surface area contributed by atoms with E-state index in [2.05, 4.69) is 0 Å². The van der Waals surface area contributed by atoms with Crippen LogP contribution in [0, 0.1) is 0 Å². The van der Waals surface area contributed by atoms with Gasteiger partial charge in [-0.15, -0.1) is 0 Å². The lowest BCUT2D eigenvalue weighted by atomic mass is 10.1. The van der Waals surface area contributed by atoms with Crippen LogP contribution in [0.25, 0.3) is 5.52 Å². The first kappa shape index (κ1) is 8.05. The maximum Gasteiger partial charge on any atom is 0.164 e. The second-order valence-electron chi connectivity index (χ2n) is 3.00. The van der Waals surface area contributed by atoms with Gasteiger partial charge in [-0.3, -0.25) is 4.79 Å². The summed E-state index contributed by atoms with van der Waals surface area (Å²) in [6.45, 7) is 1.88. The monoisotopic (exact) mass is 173 g/mol. The second-order valence-corrected chi connectivity index (χ2v) is 3.00. The summed E-state index contributed by atoms with van der Waals surface area (Å²) in [5, 5.41) is 0. The van der Waals surface area contributed by atoms with Crippen molar-refractivity contribution in [1.82, 2.24) is 4.40 Å². The molecule has 0 aliphatic heterocycles. The summed E-state index contributed by atoms with van der Waals surface area (Å²) in [4.78, 5) is 11.5. The summed E-state index contributed by atoms with van der Waals surface area (Å²) in [5.74, 6) is 0.203. The third-order valence-electron chi connectivity index (χ3n) is 2.19. The van der Waals surface area contributed by atoms with E-state index in [9.17, 15) is 4.79 Å². The highest BCUT2D eigenvalue weighted by Gasteiger charge is 2.07. The Morgan fingerprint density at radius 1 is 1.31 bits per heavy atom. The van der Waals surface area contributed by atoms with Crippen LogP contribution in [0.2, 0.25) is 0 Å². The summed E-state index contributed by atoms with van der Waals surface area (Å²) in [7, 11) is 0. The minimum Gasteiger partial charge on any atom is -0.323 e. The number of fused-ring (bicyclic) bond motifs is 1. The molecule has 2 aromatic heterocycles. The fraction of sp³-hybridized carbons (Fsp3) is 0.182. The zero-order valence-corrected chi connectivity index (χ0v) is 7.53. The molecule has 2 nitrogen and oxygen atoms in total. The number of Topliss-reactive ketones (excluding diaryl/α,β-unsaturated/α-hetero) is 1. The van der Waals surface area contributed by atoms with Crippen LogP contribution in [0.4, 0.5) is 0 Å². The molecule has 2 heterocycles. The van der Waals surface area contributed by atoms with Crippen LogP contribution in [0.1, 0.15) is 23.7 Å². The third-order valence-corrected chi connectivity index (χ3v) is 2.19. The molecule has 0 unspecified atom stereocenters. The number of aromatic nitrogens is 1. The number of hydrogen-bond donors (Lipinski definition) is 0. The highest BCUT2D eigenvalue weighted by molar-refractivity contribution is 6.02. The topological polar surface area (TPSA) is 21.5 Å². The van der Waals surface area contributed by atoms with E-state index in [1.54, 1.807) is 0 Å². The largest absolute Gasteiger partial charge is 0.323 e. The molecule has 2 rings (SSSR count). The van der Waals surface area contributed by atoms with Crippen molar-refractivity contribution >= 4 is 11.3 Å². The smallest absolute Gasteiger partial charge is 0.164 e. The van der Waals surface area contributed by atoms with Crippen LogP contribution in [0.15, 0.2) is 36.7 Å². The molecule has 0 aliphatic rings. The summed E-state index contributed by atoms with van der Waals surface area (Å²) in [5.41, 5.74) is 1.82. The van der Waals surface area contributed by atoms with Crippen LogP contribution in [0.3, 0.4) is 0 Å². The Labute approximate surface area is 76.8 Å². The Morgan fingerprint density at radius 3 is 2.92 bits per heavy atom. The number of rotatable bonds is 2. The predicted octanol–water partition coefficient (Wildman–Crippen LogP) is 2.53. The quantitative estimate of drug-likeness (QED) is 0.639. The van der Waals surface area contributed by atoms with Crippen LogP contribution in [-0.4, -0.2) is 10.2 Å². The van der Waals surface area contributed by atoms with Gasteiger partial charge in [0.05, 0.1) is 5.52 Å². The van der Waals surface area contributed by atoms with Gasteiger partial charge in [0.1, 0.15) is 0 Å². The lowest BCUT2D eigenvalue weighted by Crippen LogP contribution is -1.95. The van der Waals surface area contributed by atoms with E-state index >= 15 is 0 Å². The molecule has 0 amide bonds. The minimum absolute atomic E-state index is 0.203. The highest BCUT2D eigenvalue weighted by atomic mass is 16.1. The molecule has 66 valence electrons. The SMILES string of the molecule is CCC(=O)c1ccn2ccccc12. The summed E-state index contributed by atoms with van der Waals surface area (Å²) < 4.78 is 1.96. The molecule has 0 atom stereocenters. The zero-order chi connectivity index (χ0) is 9.26. The Balaban J connectivity index is 2.64. The van der Waals surface area contributed by atoms with E-state index in [0.29, 0.717) is 6.42 Å². The number of hydrogen-bond acceptors (Lipinski definition) is 1. The predicted molar refractivity (Wildman–Crippen MR) is 52.0 cm³/mol. The average Bonchev–Trinajstić information content (AvgIpc) is 2.60. The number of carbonyl (C=O) groups is 1. The first-order valence-corrected chi connectivity index (χ1v) is 4.42. The van der Waals surface area contributed by atoms with Gasteiger partial charge >= 0.3 is 0 Å². The van der Waals surface area contributed by atoms with Gasteiger partial charge in [0.15, 0.2) is 5.78 Å². The van der Waals surface area contributed by atoms with Gasteiger partial charge in [-0.25, -0.2) is 0 Å². The van der Waals surface area contributed by atoms with Crippen LogP contribution < -0.4 is 0 Å². The maximum absolute atomic E-state index is 11.5. The van der Waals surface area contributed by atoms with E-state index in [1.165, 1.54) is 0 Å². The molecule has 0 bridgehead atoms. The molecule has 0 fully saturated rings. The molecule has 2 heteroatoms. The number of carbonyl (C=O) groups excluding carboxylic acids is 1. The number of nitrogens with zero attached hydrogens (tertiary/aromatic N) is 1. The third kappa shape index (κ3) is 1.24. The molecule has 13 heavy (non-hydrogen) atoms. The Hall–Kier alpha value is -1.57. The fourth-order valence-electron chi connectivity index (χ4n) is 1.48. The molecular weight excluding hydrogens is 162 g/mol. The summed E-state index contributed by atoms with van der Waals surface area (Å²) in [6, 6.07) is 7.74. The lowest BCUT2D eigenvalue weighted by Gasteiger charge is -1.96. The van der Waals surface area contributed by atoms with Crippen LogP contribution in [-0.2, 0) is 0 Å². The first-order valence-electron chi connectivity index (χ1n) is 4.42. The number of ketones is 1. The lowest BCUT2D eigenvalue weighted by molar-refractivity contribution is 0.0990. The minimum atomic E-state index is 0.203. The van der Waals surface area contributed by atoms with Crippen LogP contribution >= 0.6 is 0 Å². The molecule has 0 N–H and O–H groups in total. The second kappa shape index (κ2) is 3.05. The van der Waals surface area contributed by atoms with Crippen molar-refractivity contribution in [2.24, 2.45) is 0 Å². The van der Waals surface area contributed by atoms with Crippen LogP contribution in [0.5, 0.6) is 0 Å². The van der Waals surface area contributed by atoms with Gasteiger partial charge in [0.25, 0.3) is 0 Å². The van der Waals surface area contributed by atoms with E-state index in [0.717, 1.165) is 11.1 Å². The van der Waals surface area contributed by atoms with Gasteiger partial charge in [0.2, 0.25) is 0 Å². The highest BCUT2D eigenvalue weighted by Crippen LogP contribution is 2.13. The number of pyridine rings is 1. The maximum atomic E-state index is 11.5. The zero-order valence-electron chi connectivity index (χ0n) is 7.53. The molecule has 0 saturated carbocycles. The molecule has 0 aliphatic carbocycles. The van der Waals surface area contributed by atoms with Gasteiger partial charge < -0.3 is 4.40 Å². The summed E-state index contributed by atoms with van der Waals surface area (Å²) in [6.07, 6.45) is 4.43. The van der Waals surface area contributed by atoms with Crippen molar-refractivity contribution < 1.29 is 4.79 Å². The van der Waals surface area contributed by atoms with E-state index < -0.39 is 0 Å².